The van der Waals surface area contributed by atoms with Crippen LogP contribution in [0.2, 0.25) is 10.0 Å². The molecule has 1 saturated heterocycles. The molecule has 1 aliphatic rings. The molecule has 1 aliphatic heterocycles. The van der Waals surface area contributed by atoms with Crippen LogP contribution in [0.15, 0.2) is 42.5 Å². The Bertz CT molecular complexity index is 723. The summed E-state index contributed by atoms with van der Waals surface area (Å²) >= 11 is 11.9. The van der Waals surface area contributed by atoms with Gasteiger partial charge in [0.1, 0.15) is 5.82 Å². The minimum absolute atomic E-state index is 0.0193. The summed E-state index contributed by atoms with van der Waals surface area (Å²) in [5, 5.41) is 4.01. The normalized spacial score (nSPS) is 16.0. The Morgan fingerprint density at radius 3 is 2.44 bits per heavy atom. The molecule has 0 aromatic heterocycles. The molecule has 2 aromatic rings. The number of carbonyl (C=O) groups excluding carboxylic acids is 1. The molecular formula is C19H19Cl2FN2O. The van der Waals surface area contributed by atoms with Crippen LogP contribution in [-0.4, -0.2) is 23.9 Å². The number of nitrogens with one attached hydrogen (secondary N) is 1. The molecule has 0 atom stereocenters. The summed E-state index contributed by atoms with van der Waals surface area (Å²) in [5.41, 5.74) is 1.27. The molecule has 1 fully saturated rings. The maximum atomic E-state index is 13.9. The van der Waals surface area contributed by atoms with E-state index in [4.69, 9.17) is 23.2 Å². The summed E-state index contributed by atoms with van der Waals surface area (Å²) in [6.07, 6.45) is 1.48. The largest absolute Gasteiger partial charge is 0.326 e. The molecule has 1 heterocycles. The zero-order valence-electron chi connectivity index (χ0n) is 13.6. The van der Waals surface area contributed by atoms with Crippen molar-refractivity contribution in [2.75, 3.05) is 18.4 Å². The molecule has 1 amide bonds. The van der Waals surface area contributed by atoms with Crippen molar-refractivity contribution >= 4 is 34.8 Å². The molecule has 25 heavy (non-hydrogen) atoms. The lowest BCUT2D eigenvalue weighted by molar-refractivity contribution is -0.121. The molecule has 2 aromatic carbocycles. The molecule has 1 N–H and O–H groups in total. The fourth-order valence-corrected chi connectivity index (χ4v) is 3.39. The van der Waals surface area contributed by atoms with Crippen molar-refractivity contribution in [3.8, 4) is 0 Å². The van der Waals surface area contributed by atoms with Gasteiger partial charge in [0, 0.05) is 33.8 Å². The summed E-state index contributed by atoms with van der Waals surface area (Å²) in [5.74, 6) is -0.302. The zero-order chi connectivity index (χ0) is 17.8. The van der Waals surface area contributed by atoms with Gasteiger partial charge in [0.2, 0.25) is 5.91 Å². The van der Waals surface area contributed by atoms with Gasteiger partial charge in [-0.1, -0.05) is 29.3 Å². The third-order valence-corrected chi connectivity index (χ3v) is 5.12. The van der Waals surface area contributed by atoms with Crippen molar-refractivity contribution in [1.29, 1.82) is 0 Å². The lowest BCUT2D eigenvalue weighted by Gasteiger charge is -2.31. The van der Waals surface area contributed by atoms with E-state index in [1.807, 2.05) is 0 Å². The Labute approximate surface area is 156 Å². The number of anilines is 1. The Hall–Kier alpha value is -1.62. The fourth-order valence-electron chi connectivity index (χ4n) is 3.04. The monoisotopic (exact) mass is 380 g/mol. The number of carbonyl (C=O) groups is 1. The van der Waals surface area contributed by atoms with Gasteiger partial charge >= 0.3 is 0 Å². The van der Waals surface area contributed by atoms with Gasteiger partial charge in [-0.15, -0.1) is 0 Å². The first-order valence-corrected chi connectivity index (χ1v) is 9.00. The van der Waals surface area contributed by atoms with Crippen molar-refractivity contribution in [3.05, 3.63) is 63.9 Å². The Kier molecular flexibility index (Phi) is 5.94. The Balaban J connectivity index is 1.53. The number of piperidine rings is 1. The van der Waals surface area contributed by atoms with E-state index in [2.05, 4.69) is 10.2 Å². The minimum atomic E-state index is -0.282. The van der Waals surface area contributed by atoms with E-state index >= 15 is 0 Å². The van der Waals surface area contributed by atoms with Crippen molar-refractivity contribution < 1.29 is 9.18 Å². The lowest BCUT2D eigenvalue weighted by Crippen LogP contribution is -2.38. The van der Waals surface area contributed by atoms with Gasteiger partial charge in [-0.05, 0) is 62.3 Å². The highest BCUT2D eigenvalue weighted by molar-refractivity contribution is 6.31. The first kappa shape index (κ1) is 18.2. The standard InChI is InChI=1S/C19H19Cl2FN2O/c20-14-4-6-15(7-5-14)23-19(25)13-8-10-24(11-9-13)12-16-17(21)2-1-3-18(16)22/h1-7,13H,8-12H2,(H,23,25). The van der Waals surface area contributed by atoms with Crippen LogP contribution in [0.3, 0.4) is 0 Å². The van der Waals surface area contributed by atoms with Gasteiger partial charge in [-0.2, -0.15) is 0 Å². The highest BCUT2D eigenvalue weighted by Gasteiger charge is 2.25. The van der Waals surface area contributed by atoms with E-state index in [-0.39, 0.29) is 17.6 Å². The second kappa shape index (κ2) is 8.17. The quantitative estimate of drug-likeness (QED) is 0.810. The summed E-state index contributed by atoms with van der Waals surface area (Å²) < 4.78 is 13.9. The molecule has 6 heteroatoms. The van der Waals surface area contributed by atoms with E-state index in [0.717, 1.165) is 31.6 Å². The Morgan fingerprint density at radius 2 is 1.80 bits per heavy atom. The van der Waals surface area contributed by atoms with E-state index in [1.54, 1.807) is 36.4 Å². The van der Waals surface area contributed by atoms with Crippen LogP contribution in [0.5, 0.6) is 0 Å². The van der Waals surface area contributed by atoms with Gasteiger partial charge < -0.3 is 5.32 Å². The average Bonchev–Trinajstić information content (AvgIpc) is 2.61. The van der Waals surface area contributed by atoms with Gasteiger partial charge in [-0.25, -0.2) is 4.39 Å². The first-order valence-electron chi connectivity index (χ1n) is 8.24. The number of likely N-dealkylation sites (tertiary alicyclic amines) is 1. The molecule has 3 nitrogen and oxygen atoms in total. The second-order valence-electron chi connectivity index (χ2n) is 6.25. The van der Waals surface area contributed by atoms with Crippen LogP contribution in [0, 0.1) is 11.7 Å². The van der Waals surface area contributed by atoms with E-state index in [1.165, 1.54) is 6.07 Å². The molecule has 0 unspecified atom stereocenters. The third-order valence-electron chi connectivity index (χ3n) is 4.51. The van der Waals surface area contributed by atoms with Crippen LogP contribution >= 0.6 is 23.2 Å². The molecule has 0 aliphatic carbocycles. The van der Waals surface area contributed by atoms with E-state index in [0.29, 0.717) is 22.2 Å². The van der Waals surface area contributed by atoms with Gasteiger partial charge in [0.15, 0.2) is 0 Å². The fraction of sp³-hybridized carbons (Fsp3) is 0.316. The van der Waals surface area contributed by atoms with Crippen molar-refractivity contribution in [2.45, 2.75) is 19.4 Å². The van der Waals surface area contributed by atoms with Crippen LogP contribution in [0.25, 0.3) is 0 Å². The molecule has 0 saturated carbocycles. The maximum Gasteiger partial charge on any atom is 0.227 e. The summed E-state index contributed by atoms with van der Waals surface area (Å²) in [6, 6.07) is 11.8. The Morgan fingerprint density at radius 1 is 1.12 bits per heavy atom. The van der Waals surface area contributed by atoms with E-state index in [9.17, 15) is 9.18 Å². The molecule has 0 bridgehead atoms. The highest BCUT2D eigenvalue weighted by Crippen LogP contribution is 2.25. The van der Waals surface area contributed by atoms with Gasteiger partial charge in [-0.3, -0.25) is 9.69 Å². The molecular weight excluding hydrogens is 362 g/mol. The zero-order valence-corrected chi connectivity index (χ0v) is 15.2. The molecule has 0 spiro atoms. The van der Waals surface area contributed by atoms with Crippen LogP contribution < -0.4 is 5.32 Å². The molecule has 132 valence electrons. The topological polar surface area (TPSA) is 32.3 Å². The lowest BCUT2D eigenvalue weighted by atomic mass is 9.95. The predicted octanol–water partition coefficient (Wildman–Crippen LogP) is 4.98. The van der Waals surface area contributed by atoms with Crippen molar-refractivity contribution in [1.82, 2.24) is 4.90 Å². The maximum absolute atomic E-state index is 13.9. The van der Waals surface area contributed by atoms with Crippen LogP contribution in [0.4, 0.5) is 10.1 Å². The number of amides is 1. The number of hydrogen-bond acceptors (Lipinski definition) is 2. The van der Waals surface area contributed by atoms with Gasteiger partial charge in [0.05, 0.1) is 0 Å². The van der Waals surface area contributed by atoms with Crippen LogP contribution in [-0.2, 0) is 11.3 Å². The highest BCUT2D eigenvalue weighted by atomic mass is 35.5. The number of nitrogens with zero attached hydrogens (tertiary/aromatic N) is 1. The smallest absolute Gasteiger partial charge is 0.227 e. The van der Waals surface area contributed by atoms with Crippen molar-refractivity contribution in [2.24, 2.45) is 5.92 Å². The average molecular weight is 381 g/mol. The van der Waals surface area contributed by atoms with Crippen LogP contribution in [0.1, 0.15) is 18.4 Å². The molecule has 0 radical (unpaired) electrons. The number of rotatable bonds is 4. The summed E-state index contributed by atoms with van der Waals surface area (Å²) in [4.78, 5) is 14.5. The van der Waals surface area contributed by atoms with Crippen molar-refractivity contribution in [3.63, 3.8) is 0 Å². The first-order chi connectivity index (χ1) is 12.0. The van der Waals surface area contributed by atoms with E-state index < -0.39 is 0 Å². The predicted molar refractivity (Wildman–Crippen MR) is 99.5 cm³/mol. The van der Waals surface area contributed by atoms with Gasteiger partial charge in [0.25, 0.3) is 0 Å². The summed E-state index contributed by atoms with van der Waals surface area (Å²) in [7, 11) is 0. The summed E-state index contributed by atoms with van der Waals surface area (Å²) in [6.45, 7) is 1.95. The number of hydrogen-bond donors (Lipinski definition) is 1. The SMILES string of the molecule is O=C(Nc1ccc(Cl)cc1)C1CCN(Cc2c(F)cccc2Cl)CC1. The number of benzene rings is 2. The molecule has 3 rings (SSSR count). The minimum Gasteiger partial charge on any atom is -0.326 e. The third kappa shape index (κ3) is 4.72. The second-order valence-corrected chi connectivity index (χ2v) is 7.09. The number of halogens is 3.